The molecule has 0 spiro atoms. The van der Waals surface area contributed by atoms with E-state index < -0.39 is 0 Å². The van der Waals surface area contributed by atoms with Gasteiger partial charge in [0.25, 0.3) is 0 Å². The van der Waals surface area contributed by atoms with Crippen LogP contribution in [0.15, 0.2) is 24.3 Å². The lowest BCUT2D eigenvalue weighted by Gasteiger charge is -2.08. The molecular weight excluding hydrogens is 301 g/mol. The second kappa shape index (κ2) is 7.93. The van der Waals surface area contributed by atoms with Crippen molar-refractivity contribution >= 4 is 22.6 Å². The minimum atomic E-state index is 0.894. The molecule has 0 heterocycles. The number of benzene rings is 1. The van der Waals surface area contributed by atoms with Gasteiger partial charge >= 0.3 is 0 Å². The molecule has 1 aromatic carbocycles. The Bertz CT molecular complexity index is 278. The Labute approximate surface area is 106 Å². The standard InChI is InChI=1S/C12H18INO/c1-15-12-7-3-2-6-11(12)10-14-9-5-4-8-13/h2-3,6-7,14H,4-5,8-10H2,1H3. The van der Waals surface area contributed by atoms with Crippen molar-refractivity contribution in [2.45, 2.75) is 19.4 Å². The van der Waals surface area contributed by atoms with Crippen LogP contribution in [0.2, 0.25) is 0 Å². The van der Waals surface area contributed by atoms with Crippen LogP contribution in [0.3, 0.4) is 0 Å². The van der Waals surface area contributed by atoms with Crippen LogP contribution in [0.25, 0.3) is 0 Å². The molecule has 0 unspecified atom stereocenters. The first-order valence-electron chi connectivity index (χ1n) is 5.27. The number of ether oxygens (including phenoxy) is 1. The zero-order chi connectivity index (χ0) is 10.9. The van der Waals surface area contributed by atoms with Crippen LogP contribution in [0.1, 0.15) is 18.4 Å². The molecule has 15 heavy (non-hydrogen) atoms. The van der Waals surface area contributed by atoms with E-state index in [1.807, 2.05) is 18.2 Å². The van der Waals surface area contributed by atoms with E-state index in [9.17, 15) is 0 Å². The number of alkyl halides is 1. The van der Waals surface area contributed by atoms with Crippen LogP contribution in [0.5, 0.6) is 5.75 Å². The number of unbranched alkanes of at least 4 members (excludes halogenated alkanes) is 1. The molecule has 0 amide bonds. The van der Waals surface area contributed by atoms with Gasteiger partial charge in [-0.25, -0.2) is 0 Å². The SMILES string of the molecule is COc1ccccc1CNCCCCI. The molecule has 1 aromatic rings. The van der Waals surface area contributed by atoms with Gasteiger partial charge in [0.1, 0.15) is 5.75 Å². The van der Waals surface area contributed by atoms with Gasteiger partial charge < -0.3 is 10.1 Å². The van der Waals surface area contributed by atoms with E-state index in [4.69, 9.17) is 4.74 Å². The maximum absolute atomic E-state index is 5.28. The molecule has 0 aromatic heterocycles. The molecule has 2 nitrogen and oxygen atoms in total. The molecule has 0 aliphatic carbocycles. The molecule has 0 atom stereocenters. The maximum atomic E-state index is 5.28. The van der Waals surface area contributed by atoms with Gasteiger partial charge in [-0.15, -0.1) is 0 Å². The van der Waals surface area contributed by atoms with Crippen LogP contribution < -0.4 is 10.1 Å². The Balaban J connectivity index is 2.30. The first kappa shape index (κ1) is 12.8. The van der Waals surface area contributed by atoms with Gasteiger partial charge in [-0.1, -0.05) is 40.8 Å². The van der Waals surface area contributed by atoms with Gasteiger partial charge in [0.15, 0.2) is 0 Å². The first-order chi connectivity index (χ1) is 7.38. The molecule has 0 aliphatic heterocycles. The Morgan fingerprint density at radius 1 is 1.27 bits per heavy atom. The summed E-state index contributed by atoms with van der Waals surface area (Å²) >= 11 is 2.41. The van der Waals surface area contributed by atoms with E-state index in [0.717, 1.165) is 18.8 Å². The lowest BCUT2D eigenvalue weighted by molar-refractivity contribution is 0.407. The summed E-state index contributed by atoms with van der Waals surface area (Å²) in [6, 6.07) is 8.15. The van der Waals surface area contributed by atoms with Gasteiger partial charge in [0.2, 0.25) is 0 Å². The highest BCUT2D eigenvalue weighted by molar-refractivity contribution is 14.1. The van der Waals surface area contributed by atoms with E-state index in [2.05, 4.69) is 34.0 Å². The number of nitrogens with one attached hydrogen (secondary N) is 1. The third kappa shape index (κ3) is 4.84. The Morgan fingerprint density at radius 2 is 2.07 bits per heavy atom. The molecule has 1 N–H and O–H groups in total. The quantitative estimate of drug-likeness (QED) is 0.474. The van der Waals surface area contributed by atoms with E-state index in [1.165, 1.54) is 22.8 Å². The second-order valence-electron chi connectivity index (χ2n) is 3.38. The summed E-state index contributed by atoms with van der Waals surface area (Å²) in [5.41, 5.74) is 1.23. The summed E-state index contributed by atoms with van der Waals surface area (Å²) in [5, 5.41) is 3.43. The highest BCUT2D eigenvalue weighted by Gasteiger charge is 1.99. The second-order valence-corrected chi connectivity index (χ2v) is 4.46. The number of para-hydroxylation sites is 1. The molecular formula is C12H18INO. The van der Waals surface area contributed by atoms with Crippen molar-refractivity contribution in [3.8, 4) is 5.75 Å². The van der Waals surface area contributed by atoms with Crippen molar-refractivity contribution in [3.63, 3.8) is 0 Å². The van der Waals surface area contributed by atoms with Gasteiger partial charge in [-0.2, -0.15) is 0 Å². The number of methoxy groups -OCH3 is 1. The van der Waals surface area contributed by atoms with E-state index in [-0.39, 0.29) is 0 Å². The van der Waals surface area contributed by atoms with Gasteiger partial charge in [-0.05, 0) is 29.9 Å². The predicted octanol–water partition coefficient (Wildman–Crippen LogP) is 3.00. The van der Waals surface area contributed by atoms with Crippen molar-refractivity contribution in [1.82, 2.24) is 5.32 Å². The zero-order valence-electron chi connectivity index (χ0n) is 9.13. The van der Waals surface area contributed by atoms with Crippen LogP contribution >= 0.6 is 22.6 Å². The third-order valence-corrected chi connectivity index (χ3v) is 3.01. The topological polar surface area (TPSA) is 21.3 Å². The molecule has 0 aliphatic rings. The lowest BCUT2D eigenvalue weighted by Crippen LogP contribution is -2.15. The smallest absolute Gasteiger partial charge is 0.123 e. The van der Waals surface area contributed by atoms with E-state index in [0.29, 0.717) is 0 Å². The molecule has 0 radical (unpaired) electrons. The lowest BCUT2D eigenvalue weighted by atomic mass is 10.2. The number of rotatable bonds is 7. The number of hydrogen-bond acceptors (Lipinski definition) is 2. The van der Waals surface area contributed by atoms with Crippen molar-refractivity contribution in [2.24, 2.45) is 0 Å². The van der Waals surface area contributed by atoms with Crippen LogP contribution in [0.4, 0.5) is 0 Å². The van der Waals surface area contributed by atoms with Crippen molar-refractivity contribution in [2.75, 3.05) is 18.1 Å². The average molecular weight is 319 g/mol. The highest BCUT2D eigenvalue weighted by atomic mass is 127. The van der Waals surface area contributed by atoms with Crippen molar-refractivity contribution < 1.29 is 4.74 Å². The molecule has 0 bridgehead atoms. The van der Waals surface area contributed by atoms with Crippen LogP contribution in [-0.4, -0.2) is 18.1 Å². The fraction of sp³-hybridized carbons (Fsp3) is 0.500. The fourth-order valence-corrected chi connectivity index (χ4v) is 1.96. The fourth-order valence-electron chi connectivity index (χ4n) is 1.42. The Morgan fingerprint density at radius 3 is 2.80 bits per heavy atom. The predicted molar refractivity (Wildman–Crippen MR) is 72.8 cm³/mol. The van der Waals surface area contributed by atoms with Gasteiger partial charge in [0.05, 0.1) is 7.11 Å². The molecule has 0 saturated carbocycles. The van der Waals surface area contributed by atoms with Crippen LogP contribution in [0, 0.1) is 0 Å². The summed E-state index contributed by atoms with van der Waals surface area (Å²) in [5.74, 6) is 0.971. The van der Waals surface area contributed by atoms with Crippen molar-refractivity contribution in [1.29, 1.82) is 0 Å². The van der Waals surface area contributed by atoms with Crippen LogP contribution in [-0.2, 0) is 6.54 Å². The minimum Gasteiger partial charge on any atom is -0.496 e. The third-order valence-electron chi connectivity index (χ3n) is 2.25. The number of halogens is 1. The van der Waals surface area contributed by atoms with E-state index in [1.54, 1.807) is 7.11 Å². The van der Waals surface area contributed by atoms with Gasteiger partial charge in [-0.3, -0.25) is 0 Å². The maximum Gasteiger partial charge on any atom is 0.123 e. The monoisotopic (exact) mass is 319 g/mol. The summed E-state index contributed by atoms with van der Waals surface area (Å²) in [4.78, 5) is 0. The zero-order valence-corrected chi connectivity index (χ0v) is 11.3. The molecule has 0 saturated heterocycles. The van der Waals surface area contributed by atoms with Crippen molar-refractivity contribution in [3.05, 3.63) is 29.8 Å². The van der Waals surface area contributed by atoms with Gasteiger partial charge in [0, 0.05) is 12.1 Å². The molecule has 84 valence electrons. The largest absolute Gasteiger partial charge is 0.496 e. The minimum absolute atomic E-state index is 0.894. The summed E-state index contributed by atoms with van der Waals surface area (Å²) in [6.45, 7) is 1.98. The highest BCUT2D eigenvalue weighted by Crippen LogP contribution is 2.16. The average Bonchev–Trinajstić information content (AvgIpc) is 2.29. The summed E-state index contributed by atoms with van der Waals surface area (Å²) in [6.07, 6.45) is 2.54. The Hall–Kier alpha value is -0.290. The van der Waals surface area contributed by atoms with E-state index >= 15 is 0 Å². The summed E-state index contributed by atoms with van der Waals surface area (Å²) < 4.78 is 6.53. The Kier molecular flexibility index (Phi) is 6.76. The molecule has 1 rings (SSSR count). The molecule has 0 fully saturated rings. The normalized spacial score (nSPS) is 10.3. The number of hydrogen-bond donors (Lipinski definition) is 1. The summed E-state index contributed by atoms with van der Waals surface area (Å²) in [7, 11) is 1.72. The first-order valence-corrected chi connectivity index (χ1v) is 6.79. The molecule has 3 heteroatoms.